The van der Waals surface area contributed by atoms with Crippen molar-refractivity contribution in [3.8, 4) is 0 Å². The number of aryl methyl sites for hydroxylation is 1. The summed E-state index contributed by atoms with van der Waals surface area (Å²) in [5.41, 5.74) is 1.61. The Kier molecular flexibility index (Phi) is 2.44. The van der Waals surface area contributed by atoms with Crippen molar-refractivity contribution in [2.45, 2.75) is 32.7 Å². The van der Waals surface area contributed by atoms with Gasteiger partial charge in [-0.05, 0) is 43.4 Å². The normalized spacial score (nSPS) is 25.6. The van der Waals surface area contributed by atoms with Crippen LogP contribution in [0.15, 0.2) is 18.2 Å². The van der Waals surface area contributed by atoms with Crippen molar-refractivity contribution in [1.82, 2.24) is 0 Å². The van der Waals surface area contributed by atoms with E-state index in [9.17, 15) is 4.39 Å². The lowest BCUT2D eigenvalue weighted by molar-refractivity contribution is 0.303. The van der Waals surface area contributed by atoms with E-state index >= 15 is 0 Å². The van der Waals surface area contributed by atoms with Gasteiger partial charge in [-0.15, -0.1) is 0 Å². The lowest BCUT2D eigenvalue weighted by Gasteiger charge is -2.35. The summed E-state index contributed by atoms with van der Waals surface area (Å²) in [5.74, 6) is 0.541. The van der Waals surface area contributed by atoms with Crippen LogP contribution < -0.4 is 5.32 Å². The quantitative estimate of drug-likeness (QED) is 0.759. The molecule has 0 heterocycles. The van der Waals surface area contributed by atoms with E-state index in [0.29, 0.717) is 17.6 Å². The third kappa shape index (κ3) is 1.74. The van der Waals surface area contributed by atoms with Crippen molar-refractivity contribution in [2.24, 2.45) is 5.92 Å². The molecule has 76 valence electrons. The second-order valence-electron chi connectivity index (χ2n) is 4.29. The second kappa shape index (κ2) is 3.60. The molecule has 2 rings (SSSR count). The average Bonchev–Trinajstić information content (AvgIpc) is 2.14. The molecule has 1 N–H and O–H groups in total. The first kappa shape index (κ1) is 9.50. The molecule has 1 fully saturated rings. The number of hydrogen-bond acceptors (Lipinski definition) is 1. The van der Waals surface area contributed by atoms with Gasteiger partial charge in [0.15, 0.2) is 0 Å². The first-order valence-electron chi connectivity index (χ1n) is 5.19. The van der Waals surface area contributed by atoms with Crippen molar-refractivity contribution < 1.29 is 4.39 Å². The molecule has 2 atom stereocenters. The fourth-order valence-electron chi connectivity index (χ4n) is 1.82. The molecule has 14 heavy (non-hydrogen) atoms. The fraction of sp³-hybridized carbons (Fsp3) is 0.500. The zero-order valence-corrected chi connectivity index (χ0v) is 8.68. The molecule has 2 heteroatoms. The summed E-state index contributed by atoms with van der Waals surface area (Å²) in [6, 6.07) is 5.81. The summed E-state index contributed by atoms with van der Waals surface area (Å²) < 4.78 is 13.4. The van der Waals surface area contributed by atoms with Crippen LogP contribution in [0.5, 0.6) is 0 Å². The highest BCUT2D eigenvalue weighted by Gasteiger charge is 2.26. The second-order valence-corrected chi connectivity index (χ2v) is 4.29. The number of nitrogens with one attached hydrogen (secondary N) is 1. The summed E-state index contributed by atoms with van der Waals surface area (Å²) in [6.07, 6.45) is 2.42. The molecule has 1 aliphatic carbocycles. The summed E-state index contributed by atoms with van der Waals surface area (Å²) in [4.78, 5) is 0. The first-order valence-corrected chi connectivity index (χ1v) is 5.19. The van der Waals surface area contributed by atoms with Gasteiger partial charge in [0.2, 0.25) is 0 Å². The Morgan fingerprint density at radius 1 is 1.36 bits per heavy atom. The predicted octanol–water partition coefficient (Wildman–Crippen LogP) is 3.34. The summed E-state index contributed by atoms with van der Waals surface area (Å²) in [5, 5.41) is 3.25. The molecule has 1 saturated carbocycles. The molecule has 2 unspecified atom stereocenters. The third-order valence-electron chi connectivity index (χ3n) is 3.09. The fourth-order valence-corrected chi connectivity index (χ4v) is 1.82. The maximum Gasteiger partial charge on any atom is 0.146 e. The molecule has 1 aromatic carbocycles. The smallest absolute Gasteiger partial charge is 0.146 e. The Hall–Kier alpha value is -1.05. The van der Waals surface area contributed by atoms with Gasteiger partial charge in [-0.3, -0.25) is 0 Å². The molecule has 0 spiro atoms. The van der Waals surface area contributed by atoms with Gasteiger partial charge in [-0.1, -0.05) is 13.0 Å². The highest BCUT2D eigenvalue weighted by atomic mass is 19.1. The molecule has 0 aromatic heterocycles. The molecular weight excluding hydrogens is 177 g/mol. The van der Waals surface area contributed by atoms with E-state index < -0.39 is 0 Å². The minimum absolute atomic E-state index is 0.135. The van der Waals surface area contributed by atoms with Crippen LogP contribution in [0.2, 0.25) is 0 Å². The monoisotopic (exact) mass is 193 g/mol. The highest BCUT2D eigenvalue weighted by molar-refractivity contribution is 5.47. The SMILES string of the molecule is Cc1ccc(NC2CCC2C)c(F)c1. The standard InChI is InChI=1S/C12H16FN/c1-8-3-5-12(10(13)7-8)14-11-6-4-9(11)2/h3,5,7,9,11,14H,4,6H2,1-2H3. The topological polar surface area (TPSA) is 12.0 Å². The Balaban J connectivity index is 2.09. The van der Waals surface area contributed by atoms with E-state index in [0.717, 1.165) is 12.0 Å². The number of rotatable bonds is 2. The van der Waals surface area contributed by atoms with Crippen LogP contribution in [-0.2, 0) is 0 Å². The molecule has 0 amide bonds. The largest absolute Gasteiger partial charge is 0.380 e. The maximum absolute atomic E-state index is 13.4. The van der Waals surface area contributed by atoms with Gasteiger partial charge in [0, 0.05) is 6.04 Å². The summed E-state index contributed by atoms with van der Waals surface area (Å²) in [6.45, 7) is 4.10. The number of anilines is 1. The minimum Gasteiger partial charge on any atom is -0.380 e. The number of hydrogen-bond donors (Lipinski definition) is 1. The van der Waals surface area contributed by atoms with Crippen LogP contribution >= 0.6 is 0 Å². The Morgan fingerprint density at radius 2 is 2.14 bits per heavy atom. The van der Waals surface area contributed by atoms with Crippen LogP contribution in [0, 0.1) is 18.7 Å². The van der Waals surface area contributed by atoms with E-state index in [1.807, 2.05) is 19.1 Å². The van der Waals surface area contributed by atoms with Gasteiger partial charge >= 0.3 is 0 Å². The molecule has 0 aliphatic heterocycles. The minimum atomic E-state index is -0.135. The molecule has 0 bridgehead atoms. The molecule has 0 radical (unpaired) electrons. The zero-order chi connectivity index (χ0) is 10.1. The van der Waals surface area contributed by atoms with Crippen LogP contribution in [0.25, 0.3) is 0 Å². The van der Waals surface area contributed by atoms with Gasteiger partial charge in [0.05, 0.1) is 5.69 Å². The van der Waals surface area contributed by atoms with E-state index in [4.69, 9.17) is 0 Å². The number of benzene rings is 1. The van der Waals surface area contributed by atoms with Gasteiger partial charge in [0.1, 0.15) is 5.82 Å². The van der Waals surface area contributed by atoms with Crippen molar-refractivity contribution in [3.63, 3.8) is 0 Å². The lowest BCUT2D eigenvalue weighted by Crippen LogP contribution is -2.36. The lowest BCUT2D eigenvalue weighted by atomic mass is 9.81. The third-order valence-corrected chi connectivity index (χ3v) is 3.09. The van der Waals surface area contributed by atoms with E-state index in [2.05, 4.69) is 12.2 Å². The van der Waals surface area contributed by atoms with E-state index in [1.54, 1.807) is 6.07 Å². The molecule has 1 aliphatic rings. The van der Waals surface area contributed by atoms with Gasteiger partial charge in [0.25, 0.3) is 0 Å². The van der Waals surface area contributed by atoms with Crippen LogP contribution in [-0.4, -0.2) is 6.04 Å². The van der Waals surface area contributed by atoms with Crippen LogP contribution in [0.4, 0.5) is 10.1 Å². The highest BCUT2D eigenvalue weighted by Crippen LogP contribution is 2.30. The maximum atomic E-state index is 13.4. The Labute approximate surface area is 84.3 Å². The van der Waals surface area contributed by atoms with Crippen molar-refractivity contribution >= 4 is 5.69 Å². The van der Waals surface area contributed by atoms with E-state index in [-0.39, 0.29) is 5.82 Å². The van der Waals surface area contributed by atoms with E-state index in [1.165, 1.54) is 6.42 Å². The molecule has 0 saturated heterocycles. The van der Waals surface area contributed by atoms with Crippen molar-refractivity contribution in [3.05, 3.63) is 29.6 Å². The summed E-state index contributed by atoms with van der Waals surface area (Å²) >= 11 is 0. The first-order chi connectivity index (χ1) is 6.66. The average molecular weight is 193 g/mol. The molecule has 1 nitrogen and oxygen atoms in total. The van der Waals surface area contributed by atoms with Gasteiger partial charge in [-0.2, -0.15) is 0 Å². The molecular formula is C12H16FN. The molecule has 1 aromatic rings. The summed E-state index contributed by atoms with van der Waals surface area (Å²) in [7, 11) is 0. The van der Waals surface area contributed by atoms with Crippen LogP contribution in [0.3, 0.4) is 0 Å². The number of halogens is 1. The van der Waals surface area contributed by atoms with Crippen molar-refractivity contribution in [2.75, 3.05) is 5.32 Å². The Morgan fingerprint density at radius 3 is 2.64 bits per heavy atom. The van der Waals surface area contributed by atoms with Crippen molar-refractivity contribution in [1.29, 1.82) is 0 Å². The van der Waals surface area contributed by atoms with Gasteiger partial charge < -0.3 is 5.32 Å². The zero-order valence-electron chi connectivity index (χ0n) is 8.68. The van der Waals surface area contributed by atoms with Crippen LogP contribution in [0.1, 0.15) is 25.3 Å². The predicted molar refractivity (Wildman–Crippen MR) is 56.9 cm³/mol. The van der Waals surface area contributed by atoms with Gasteiger partial charge in [-0.25, -0.2) is 4.39 Å². The Bertz CT molecular complexity index is 335.